The van der Waals surface area contributed by atoms with Crippen molar-refractivity contribution in [1.82, 2.24) is 19.6 Å². The molecular formula is C22H25N5O2S2. The van der Waals surface area contributed by atoms with Crippen LogP contribution in [0, 0.1) is 20.8 Å². The molecule has 31 heavy (non-hydrogen) atoms. The van der Waals surface area contributed by atoms with Gasteiger partial charge in [-0.25, -0.2) is 4.98 Å². The molecule has 0 fully saturated rings. The molecule has 3 heterocycles. The molecule has 0 aliphatic rings. The number of ether oxygens (including phenoxy) is 1. The summed E-state index contributed by atoms with van der Waals surface area (Å²) in [5, 5.41) is 13.5. The maximum absolute atomic E-state index is 12.7. The van der Waals surface area contributed by atoms with E-state index in [1.54, 1.807) is 18.4 Å². The fourth-order valence-corrected chi connectivity index (χ4v) is 5.23. The predicted octanol–water partition coefficient (Wildman–Crippen LogP) is 5.13. The molecule has 0 atom stereocenters. The Morgan fingerprint density at radius 2 is 2.03 bits per heavy atom. The number of aromatic nitrogens is 4. The zero-order chi connectivity index (χ0) is 22.3. The Balaban J connectivity index is 1.64. The van der Waals surface area contributed by atoms with E-state index >= 15 is 0 Å². The second kappa shape index (κ2) is 8.47. The van der Waals surface area contributed by atoms with Gasteiger partial charge < -0.3 is 10.1 Å². The average molecular weight is 456 g/mol. The van der Waals surface area contributed by atoms with Crippen LogP contribution in [0.4, 0.5) is 5.69 Å². The number of carbonyl (C=O) groups excluding carboxylic acids is 1. The number of aryl methyl sites for hydroxylation is 3. The van der Waals surface area contributed by atoms with Crippen LogP contribution in [0.3, 0.4) is 0 Å². The number of thioether (sulfide) groups is 1. The number of hydrogen-bond donors (Lipinski definition) is 1. The molecule has 7 nitrogen and oxygen atoms in total. The van der Waals surface area contributed by atoms with Crippen molar-refractivity contribution in [3.05, 3.63) is 40.0 Å². The van der Waals surface area contributed by atoms with E-state index in [2.05, 4.69) is 43.2 Å². The summed E-state index contributed by atoms with van der Waals surface area (Å²) < 4.78 is 7.35. The maximum Gasteiger partial charge on any atom is 0.234 e. The number of rotatable bonds is 6. The van der Waals surface area contributed by atoms with Gasteiger partial charge >= 0.3 is 0 Å². The van der Waals surface area contributed by atoms with Gasteiger partial charge in [-0.3, -0.25) is 9.20 Å². The average Bonchev–Trinajstić information content (AvgIpc) is 3.26. The number of anilines is 1. The van der Waals surface area contributed by atoms with Gasteiger partial charge in [0.05, 0.1) is 23.9 Å². The molecule has 0 spiro atoms. The van der Waals surface area contributed by atoms with Gasteiger partial charge in [0, 0.05) is 10.8 Å². The fraction of sp³-hybridized carbons (Fsp3) is 0.364. The monoisotopic (exact) mass is 455 g/mol. The summed E-state index contributed by atoms with van der Waals surface area (Å²) in [5.74, 6) is 1.80. The normalized spacial score (nSPS) is 11.6. The Hall–Kier alpha value is -2.65. The van der Waals surface area contributed by atoms with E-state index < -0.39 is 0 Å². The smallest absolute Gasteiger partial charge is 0.234 e. The lowest BCUT2D eigenvalue weighted by molar-refractivity contribution is -0.113. The van der Waals surface area contributed by atoms with Crippen LogP contribution in [0.1, 0.15) is 41.6 Å². The zero-order valence-corrected chi connectivity index (χ0v) is 20.1. The molecule has 0 saturated carbocycles. The lowest BCUT2D eigenvalue weighted by Gasteiger charge is -2.12. The van der Waals surface area contributed by atoms with Gasteiger partial charge in [0.25, 0.3) is 0 Å². The number of carbonyl (C=O) groups is 1. The van der Waals surface area contributed by atoms with Crippen molar-refractivity contribution in [2.24, 2.45) is 0 Å². The number of hydrogen-bond acceptors (Lipinski definition) is 7. The van der Waals surface area contributed by atoms with E-state index in [0.717, 1.165) is 27.3 Å². The SMILES string of the molecule is COc1ccc(C)cc1NC(=O)CSc1nnc2c3c(C)c(C)sc3nc(C(C)C)n12. The number of thiophene rings is 1. The first-order valence-corrected chi connectivity index (χ1v) is 11.8. The first kappa shape index (κ1) is 21.6. The summed E-state index contributed by atoms with van der Waals surface area (Å²) >= 11 is 3.04. The number of amides is 1. The van der Waals surface area contributed by atoms with Crippen molar-refractivity contribution in [2.75, 3.05) is 18.2 Å². The molecule has 1 N–H and O–H groups in total. The lowest BCUT2D eigenvalue weighted by Crippen LogP contribution is -2.15. The van der Waals surface area contributed by atoms with Crippen LogP contribution in [-0.4, -0.2) is 38.4 Å². The highest BCUT2D eigenvalue weighted by molar-refractivity contribution is 7.99. The van der Waals surface area contributed by atoms with E-state index in [0.29, 0.717) is 16.6 Å². The fourth-order valence-electron chi connectivity index (χ4n) is 3.46. The van der Waals surface area contributed by atoms with Gasteiger partial charge in [-0.1, -0.05) is 31.7 Å². The molecule has 0 radical (unpaired) electrons. The first-order chi connectivity index (χ1) is 14.8. The van der Waals surface area contributed by atoms with E-state index in [-0.39, 0.29) is 17.6 Å². The van der Waals surface area contributed by atoms with Crippen LogP contribution in [0.25, 0.3) is 15.9 Å². The molecular weight excluding hydrogens is 430 g/mol. The minimum atomic E-state index is -0.131. The quantitative estimate of drug-likeness (QED) is 0.406. The van der Waals surface area contributed by atoms with E-state index in [1.807, 2.05) is 29.5 Å². The van der Waals surface area contributed by atoms with E-state index in [4.69, 9.17) is 9.72 Å². The third-order valence-electron chi connectivity index (χ3n) is 5.15. The largest absolute Gasteiger partial charge is 0.495 e. The highest BCUT2D eigenvalue weighted by atomic mass is 32.2. The van der Waals surface area contributed by atoms with Crippen LogP contribution in [-0.2, 0) is 4.79 Å². The van der Waals surface area contributed by atoms with Crippen molar-refractivity contribution < 1.29 is 9.53 Å². The third kappa shape index (κ3) is 3.99. The van der Waals surface area contributed by atoms with Gasteiger partial charge in [-0.2, -0.15) is 0 Å². The van der Waals surface area contributed by atoms with Gasteiger partial charge in [0.1, 0.15) is 16.4 Å². The van der Waals surface area contributed by atoms with E-state index in [9.17, 15) is 4.79 Å². The van der Waals surface area contributed by atoms with Crippen LogP contribution in [0.5, 0.6) is 5.75 Å². The number of nitrogens with one attached hydrogen (secondary N) is 1. The summed E-state index contributed by atoms with van der Waals surface area (Å²) in [5.41, 5.74) is 3.69. The van der Waals surface area contributed by atoms with Crippen molar-refractivity contribution in [2.45, 2.75) is 45.7 Å². The predicted molar refractivity (Wildman–Crippen MR) is 127 cm³/mol. The summed E-state index contributed by atoms with van der Waals surface area (Å²) in [4.78, 5) is 19.8. The Labute approximate surface area is 189 Å². The minimum absolute atomic E-state index is 0.131. The highest BCUT2D eigenvalue weighted by Gasteiger charge is 2.21. The molecule has 9 heteroatoms. The van der Waals surface area contributed by atoms with Crippen molar-refractivity contribution >= 4 is 50.6 Å². The molecule has 4 aromatic rings. The summed E-state index contributed by atoms with van der Waals surface area (Å²) in [6.07, 6.45) is 0. The molecule has 3 aromatic heterocycles. The summed E-state index contributed by atoms with van der Waals surface area (Å²) in [6.45, 7) is 10.4. The Morgan fingerprint density at radius 1 is 1.26 bits per heavy atom. The lowest BCUT2D eigenvalue weighted by atomic mass is 10.2. The Kier molecular flexibility index (Phi) is 5.90. The highest BCUT2D eigenvalue weighted by Crippen LogP contribution is 2.35. The first-order valence-electron chi connectivity index (χ1n) is 10.0. The molecule has 0 bridgehead atoms. The maximum atomic E-state index is 12.7. The zero-order valence-electron chi connectivity index (χ0n) is 18.4. The van der Waals surface area contributed by atoms with Crippen LogP contribution < -0.4 is 10.1 Å². The topological polar surface area (TPSA) is 81.4 Å². The Morgan fingerprint density at radius 3 is 2.74 bits per heavy atom. The molecule has 1 amide bonds. The molecule has 0 unspecified atom stereocenters. The van der Waals surface area contributed by atoms with Gasteiger partial charge in [-0.05, 0) is 44.0 Å². The minimum Gasteiger partial charge on any atom is -0.495 e. The van der Waals surface area contributed by atoms with Crippen LogP contribution in [0.2, 0.25) is 0 Å². The van der Waals surface area contributed by atoms with E-state index in [1.165, 1.54) is 22.2 Å². The van der Waals surface area contributed by atoms with Gasteiger partial charge in [-0.15, -0.1) is 21.5 Å². The standard InChI is InChI=1S/C22H25N5O2S2/c1-11(2)19-24-21-18(13(4)14(5)31-21)20-25-26-22(27(19)20)30-10-17(28)23-15-9-12(3)7-8-16(15)29-6/h7-9,11H,10H2,1-6H3,(H,23,28). The number of fused-ring (bicyclic) bond motifs is 3. The molecule has 162 valence electrons. The van der Waals surface area contributed by atoms with Crippen molar-refractivity contribution in [1.29, 1.82) is 0 Å². The summed E-state index contributed by atoms with van der Waals surface area (Å²) in [6, 6.07) is 5.69. The third-order valence-corrected chi connectivity index (χ3v) is 7.18. The van der Waals surface area contributed by atoms with Crippen LogP contribution >= 0.6 is 23.1 Å². The van der Waals surface area contributed by atoms with Crippen molar-refractivity contribution in [3.8, 4) is 5.75 Å². The van der Waals surface area contributed by atoms with Crippen LogP contribution in [0.15, 0.2) is 23.4 Å². The molecule has 0 aliphatic heterocycles. The number of benzene rings is 1. The van der Waals surface area contributed by atoms with Gasteiger partial charge in [0.15, 0.2) is 10.8 Å². The number of nitrogens with zero attached hydrogens (tertiary/aromatic N) is 4. The number of methoxy groups -OCH3 is 1. The second-order valence-electron chi connectivity index (χ2n) is 7.77. The molecule has 1 aromatic carbocycles. The molecule has 0 saturated heterocycles. The summed E-state index contributed by atoms with van der Waals surface area (Å²) in [7, 11) is 1.59. The molecule has 4 rings (SSSR count). The Bertz CT molecular complexity index is 1290. The van der Waals surface area contributed by atoms with Gasteiger partial charge in [0.2, 0.25) is 5.91 Å². The second-order valence-corrected chi connectivity index (χ2v) is 9.92. The molecule has 0 aliphatic carbocycles. The van der Waals surface area contributed by atoms with Crippen molar-refractivity contribution in [3.63, 3.8) is 0 Å².